The number of aromatic nitrogens is 3. The highest BCUT2D eigenvalue weighted by atomic mass is 16.1. The number of carbonyl (C=O) groups excluding carboxylic acids is 1. The lowest BCUT2D eigenvalue weighted by atomic mass is 9.99. The molecule has 2 N–H and O–H groups in total. The van der Waals surface area contributed by atoms with E-state index in [9.17, 15) is 4.79 Å². The summed E-state index contributed by atoms with van der Waals surface area (Å²) in [6, 6.07) is 7.80. The van der Waals surface area contributed by atoms with E-state index >= 15 is 0 Å². The SMILES string of the molecule is CNC(=O)CN1CCCC[C@@H]1c1cc(Nc2ccccn2)nc(C)n1. The fraction of sp³-hybridized carbons (Fsp3) is 0.444. The minimum absolute atomic E-state index is 0.0320. The van der Waals surface area contributed by atoms with Crippen molar-refractivity contribution in [3.8, 4) is 0 Å². The van der Waals surface area contributed by atoms with Crippen molar-refractivity contribution in [1.29, 1.82) is 0 Å². The number of likely N-dealkylation sites (tertiary alicyclic amines) is 1. The first-order valence-corrected chi connectivity index (χ1v) is 8.64. The Kier molecular flexibility index (Phi) is 5.55. The molecule has 2 aromatic heterocycles. The highest BCUT2D eigenvalue weighted by molar-refractivity contribution is 5.77. The zero-order valence-electron chi connectivity index (χ0n) is 14.7. The number of nitrogens with zero attached hydrogens (tertiary/aromatic N) is 4. The first-order valence-electron chi connectivity index (χ1n) is 8.64. The molecule has 3 heterocycles. The largest absolute Gasteiger partial charge is 0.358 e. The summed E-state index contributed by atoms with van der Waals surface area (Å²) >= 11 is 0. The lowest BCUT2D eigenvalue weighted by molar-refractivity contribution is -0.122. The van der Waals surface area contributed by atoms with E-state index in [1.54, 1.807) is 13.2 Å². The van der Waals surface area contributed by atoms with Gasteiger partial charge in [-0.25, -0.2) is 15.0 Å². The van der Waals surface area contributed by atoms with E-state index in [1.165, 1.54) is 0 Å². The van der Waals surface area contributed by atoms with Crippen LogP contribution in [0.25, 0.3) is 0 Å². The molecule has 2 aromatic rings. The monoisotopic (exact) mass is 340 g/mol. The summed E-state index contributed by atoms with van der Waals surface area (Å²) in [5.41, 5.74) is 0.953. The Morgan fingerprint density at radius 1 is 1.28 bits per heavy atom. The fourth-order valence-corrected chi connectivity index (χ4v) is 3.17. The predicted octanol–water partition coefficient (Wildman–Crippen LogP) is 2.20. The van der Waals surface area contributed by atoms with E-state index in [2.05, 4.69) is 30.5 Å². The summed E-state index contributed by atoms with van der Waals surface area (Å²) in [6.07, 6.45) is 4.98. The summed E-state index contributed by atoms with van der Waals surface area (Å²) < 4.78 is 0. The van der Waals surface area contributed by atoms with Gasteiger partial charge in [0, 0.05) is 19.3 Å². The molecule has 0 spiro atoms. The van der Waals surface area contributed by atoms with Gasteiger partial charge in [-0.05, 0) is 38.4 Å². The van der Waals surface area contributed by atoms with Crippen molar-refractivity contribution in [2.24, 2.45) is 0 Å². The normalized spacial score (nSPS) is 17.9. The Labute approximate surface area is 147 Å². The van der Waals surface area contributed by atoms with Crippen LogP contribution in [0.5, 0.6) is 0 Å². The molecule has 1 saturated heterocycles. The zero-order valence-corrected chi connectivity index (χ0v) is 14.7. The van der Waals surface area contributed by atoms with Crippen molar-refractivity contribution in [2.45, 2.75) is 32.2 Å². The Hall–Kier alpha value is -2.54. The van der Waals surface area contributed by atoms with Gasteiger partial charge in [-0.2, -0.15) is 0 Å². The first-order chi connectivity index (χ1) is 12.2. The molecule has 0 saturated carbocycles. The van der Waals surface area contributed by atoms with E-state index in [0.717, 1.165) is 43.1 Å². The summed E-state index contributed by atoms with van der Waals surface area (Å²) in [6.45, 7) is 3.19. The van der Waals surface area contributed by atoms with Gasteiger partial charge in [-0.15, -0.1) is 0 Å². The molecule has 0 aromatic carbocycles. The lowest BCUT2D eigenvalue weighted by Gasteiger charge is -2.34. The molecule has 0 bridgehead atoms. The smallest absolute Gasteiger partial charge is 0.233 e. The molecule has 3 rings (SSSR count). The van der Waals surface area contributed by atoms with Crippen molar-refractivity contribution in [3.05, 3.63) is 42.0 Å². The molecule has 1 aliphatic rings. The Balaban J connectivity index is 1.83. The van der Waals surface area contributed by atoms with E-state index in [4.69, 9.17) is 0 Å². The maximum absolute atomic E-state index is 11.8. The van der Waals surface area contributed by atoms with Crippen LogP contribution in [0.4, 0.5) is 11.6 Å². The van der Waals surface area contributed by atoms with Crippen molar-refractivity contribution in [3.63, 3.8) is 0 Å². The number of likely N-dealkylation sites (N-methyl/N-ethyl adjacent to an activating group) is 1. The second-order valence-electron chi connectivity index (χ2n) is 6.22. The number of nitrogens with one attached hydrogen (secondary N) is 2. The number of carbonyl (C=O) groups is 1. The van der Waals surface area contributed by atoms with E-state index in [-0.39, 0.29) is 11.9 Å². The van der Waals surface area contributed by atoms with Gasteiger partial charge in [-0.1, -0.05) is 12.5 Å². The summed E-state index contributed by atoms with van der Waals surface area (Å²) in [4.78, 5) is 27.4. The number of rotatable bonds is 5. The highest BCUT2D eigenvalue weighted by Gasteiger charge is 2.27. The molecule has 1 atom stereocenters. The third-order valence-electron chi connectivity index (χ3n) is 4.36. The number of aryl methyl sites for hydroxylation is 1. The minimum Gasteiger partial charge on any atom is -0.358 e. The molecule has 1 amide bonds. The number of amides is 1. The van der Waals surface area contributed by atoms with Crippen LogP contribution in [0.15, 0.2) is 30.5 Å². The van der Waals surface area contributed by atoms with Crippen molar-refractivity contribution in [1.82, 2.24) is 25.2 Å². The minimum atomic E-state index is 0.0320. The van der Waals surface area contributed by atoms with Gasteiger partial charge in [0.15, 0.2) is 0 Å². The third-order valence-corrected chi connectivity index (χ3v) is 4.36. The highest BCUT2D eigenvalue weighted by Crippen LogP contribution is 2.30. The van der Waals surface area contributed by atoms with Crippen LogP contribution in [0.2, 0.25) is 0 Å². The maximum atomic E-state index is 11.8. The number of anilines is 2. The van der Waals surface area contributed by atoms with Crippen LogP contribution in [-0.4, -0.2) is 45.9 Å². The van der Waals surface area contributed by atoms with E-state index in [0.29, 0.717) is 12.4 Å². The van der Waals surface area contributed by atoms with Crippen molar-refractivity contribution < 1.29 is 4.79 Å². The van der Waals surface area contributed by atoms with Gasteiger partial charge < -0.3 is 10.6 Å². The van der Waals surface area contributed by atoms with Gasteiger partial charge >= 0.3 is 0 Å². The topological polar surface area (TPSA) is 83.0 Å². The molecular weight excluding hydrogens is 316 g/mol. The molecule has 132 valence electrons. The Bertz CT molecular complexity index is 721. The molecule has 7 nitrogen and oxygen atoms in total. The van der Waals surface area contributed by atoms with Crippen molar-refractivity contribution in [2.75, 3.05) is 25.5 Å². The number of piperidine rings is 1. The Morgan fingerprint density at radius 2 is 2.16 bits per heavy atom. The number of hydrogen-bond donors (Lipinski definition) is 2. The second kappa shape index (κ2) is 8.02. The quantitative estimate of drug-likeness (QED) is 0.868. The zero-order chi connectivity index (χ0) is 17.6. The van der Waals surface area contributed by atoms with Crippen molar-refractivity contribution >= 4 is 17.5 Å². The second-order valence-corrected chi connectivity index (χ2v) is 6.22. The van der Waals surface area contributed by atoms with Gasteiger partial charge in [-0.3, -0.25) is 9.69 Å². The molecule has 0 unspecified atom stereocenters. The number of hydrogen-bond acceptors (Lipinski definition) is 6. The van der Waals surface area contributed by atoms with Crippen LogP contribution in [0.3, 0.4) is 0 Å². The summed E-state index contributed by atoms with van der Waals surface area (Å²) in [5.74, 6) is 2.22. The summed E-state index contributed by atoms with van der Waals surface area (Å²) in [5, 5.41) is 5.94. The van der Waals surface area contributed by atoms with Crippen LogP contribution >= 0.6 is 0 Å². The van der Waals surface area contributed by atoms with Crippen LogP contribution in [0, 0.1) is 6.92 Å². The van der Waals surface area contributed by atoms with Crippen LogP contribution in [0.1, 0.15) is 36.8 Å². The molecule has 0 aliphatic carbocycles. The average molecular weight is 340 g/mol. The average Bonchev–Trinajstić information content (AvgIpc) is 2.62. The fourth-order valence-electron chi connectivity index (χ4n) is 3.17. The van der Waals surface area contributed by atoms with Gasteiger partial charge in [0.05, 0.1) is 18.3 Å². The third kappa shape index (κ3) is 4.51. The molecule has 25 heavy (non-hydrogen) atoms. The van der Waals surface area contributed by atoms with Crippen LogP contribution in [-0.2, 0) is 4.79 Å². The van der Waals surface area contributed by atoms with Gasteiger partial charge in [0.2, 0.25) is 5.91 Å². The van der Waals surface area contributed by atoms with Gasteiger partial charge in [0.25, 0.3) is 0 Å². The molecule has 1 fully saturated rings. The predicted molar refractivity (Wildman–Crippen MR) is 96.5 cm³/mol. The molecule has 7 heteroatoms. The van der Waals surface area contributed by atoms with Crippen LogP contribution < -0.4 is 10.6 Å². The number of pyridine rings is 1. The summed E-state index contributed by atoms with van der Waals surface area (Å²) in [7, 11) is 1.67. The maximum Gasteiger partial charge on any atom is 0.233 e. The van der Waals surface area contributed by atoms with E-state index < -0.39 is 0 Å². The Morgan fingerprint density at radius 3 is 2.92 bits per heavy atom. The molecule has 0 radical (unpaired) electrons. The lowest BCUT2D eigenvalue weighted by Crippen LogP contribution is -2.41. The van der Waals surface area contributed by atoms with Gasteiger partial charge in [0.1, 0.15) is 17.5 Å². The molecule has 1 aliphatic heterocycles. The van der Waals surface area contributed by atoms with E-state index in [1.807, 2.05) is 31.2 Å². The first kappa shape index (κ1) is 17.3. The standard InChI is InChI=1S/C18H24N6O/c1-13-21-14(11-17(22-13)23-16-8-3-5-9-20-16)15-7-4-6-10-24(15)12-18(25)19-2/h3,5,8-9,11,15H,4,6-7,10,12H2,1-2H3,(H,19,25)(H,20,21,22,23)/t15-/m1/s1. The molecular formula is C18H24N6O.